The zero-order valence-electron chi connectivity index (χ0n) is 22.6. The standard InChI is InChI=1S/C28H29F5N6O2/c1-14-8-16(34)9-17(19(14)28(31,32)33)21-20(30)22-18-23(38(2)26(5-6-26)12-40-24(18)35-21)37-25(36-22)41-13-27-4-3-7-39(27)11-15(29)10-27/h8-9,15H,3-7,10-13,34H2,1-2H3/t15-,27+/m1/s1. The van der Waals surface area contributed by atoms with Gasteiger partial charge in [0.15, 0.2) is 5.82 Å². The van der Waals surface area contributed by atoms with Crippen LogP contribution < -0.4 is 20.1 Å². The van der Waals surface area contributed by atoms with Crippen LogP contribution in [-0.2, 0) is 6.18 Å². The van der Waals surface area contributed by atoms with Crippen molar-refractivity contribution in [3.05, 3.63) is 29.1 Å². The minimum absolute atomic E-state index is 0.0331. The molecule has 3 aliphatic heterocycles. The fourth-order valence-corrected chi connectivity index (χ4v) is 6.87. The maximum absolute atomic E-state index is 16.4. The number of fused-ring (bicyclic) bond motifs is 1. The van der Waals surface area contributed by atoms with Crippen LogP contribution in [0.2, 0.25) is 0 Å². The van der Waals surface area contributed by atoms with E-state index >= 15 is 4.39 Å². The first-order valence-electron chi connectivity index (χ1n) is 13.7. The summed E-state index contributed by atoms with van der Waals surface area (Å²) in [5.41, 5.74) is 2.50. The van der Waals surface area contributed by atoms with Gasteiger partial charge in [-0.3, -0.25) is 4.90 Å². The molecule has 1 aliphatic carbocycles. The van der Waals surface area contributed by atoms with Crippen molar-refractivity contribution in [3.8, 4) is 23.1 Å². The molecule has 1 saturated carbocycles. The Labute approximate surface area is 232 Å². The minimum Gasteiger partial charge on any atom is -0.475 e. The van der Waals surface area contributed by atoms with E-state index in [1.807, 2.05) is 11.9 Å². The summed E-state index contributed by atoms with van der Waals surface area (Å²) in [5, 5.41) is 0.157. The van der Waals surface area contributed by atoms with Crippen LogP contribution in [0.1, 0.15) is 43.2 Å². The summed E-state index contributed by atoms with van der Waals surface area (Å²) in [4.78, 5) is 17.2. The molecule has 2 saturated heterocycles. The van der Waals surface area contributed by atoms with E-state index in [1.54, 1.807) is 0 Å². The van der Waals surface area contributed by atoms with Crippen molar-refractivity contribution < 1.29 is 31.4 Å². The highest BCUT2D eigenvalue weighted by Gasteiger charge is 2.52. The lowest BCUT2D eigenvalue weighted by Crippen LogP contribution is -2.43. The highest BCUT2D eigenvalue weighted by Crippen LogP contribution is 2.50. The number of alkyl halides is 4. The normalized spacial score (nSPS) is 25.0. The molecule has 0 radical (unpaired) electrons. The Balaban J connectivity index is 1.40. The van der Waals surface area contributed by atoms with Crippen molar-refractivity contribution >= 4 is 22.4 Å². The van der Waals surface area contributed by atoms with Gasteiger partial charge in [-0.2, -0.15) is 23.1 Å². The fourth-order valence-electron chi connectivity index (χ4n) is 6.87. The predicted molar refractivity (Wildman–Crippen MR) is 141 cm³/mol. The summed E-state index contributed by atoms with van der Waals surface area (Å²) >= 11 is 0. The van der Waals surface area contributed by atoms with Crippen LogP contribution in [0, 0.1) is 12.7 Å². The topological polar surface area (TPSA) is 89.6 Å². The van der Waals surface area contributed by atoms with Crippen LogP contribution in [0.15, 0.2) is 12.1 Å². The number of halogens is 5. The maximum atomic E-state index is 16.4. The number of rotatable bonds is 4. The molecule has 41 heavy (non-hydrogen) atoms. The van der Waals surface area contributed by atoms with Gasteiger partial charge in [0.1, 0.15) is 41.8 Å². The lowest BCUT2D eigenvalue weighted by molar-refractivity contribution is -0.137. The summed E-state index contributed by atoms with van der Waals surface area (Å²) < 4.78 is 85.4. The summed E-state index contributed by atoms with van der Waals surface area (Å²) in [5.74, 6) is -0.802. The number of aryl methyl sites for hydroxylation is 1. The van der Waals surface area contributed by atoms with Crippen molar-refractivity contribution in [1.29, 1.82) is 0 Å². The quantitative estimate of drug-likeness (QED) is 0.341. The zero-order valence-corrected chi connectivity index (χ0v) is 22.6. The van der Waals surface area contributed by atoms with Crippen LogP contribution in [0.4, 0.5) is 33.5 Å². The number of aromatic nitrogens is 3. The molecule has 1 aromatic carbocycles. The van der Waals surface area contributed by atoms with Crippen LogP contribution >= 0.6 is 0 Å². The second kappa shape index (κ2) is 8.76. The molecular weight excluding hydrogens is 547 g/mol. The zero-order chi connectivity index (χ0) is 28.9. The fraction of sp³-hybridized carbons (Fsp3) is 0.536. The van der Waals surface area contributed by atoms with E-state index < -0.39 is 46.1 Å². The van der Waals surface area contributed by atoms with Gasteiger partial charge in [-0.25, -0.2) is 13.8 Å². The molecule has 2 N–H and O–H groups in total. The molecule has 0 bridgehead atoms. The van der Waals surface area contributed by atoms with Gasteiger partial charge in [0.2, 0.25) is 5.88 Å². The van der Waals surface area contributed by atoms with Crippen LogP contribution in [0.3, 0.4) is 0 Å². The highest BCUT2D eigenvalue weighted by molar-refractivity contribution is 5.97. The van der Waals surface area contributed by atoms with Gasteiger partial charge in [0.05, 0.1) is 16.6 Å². The van der Waals surface area contributed by atoms with Crippen molar-refractivity contribution in [1.82, 2.24) is 19.9 Å². The smallest absolute Gasteiger partial charge is 0.417 e. The molecule has 7 rings (SSSR count). The van der Waals surface area contributed by atoms with Crippen LogP contribution in [0.5, 0.6) is 11.9 Å². The Morgan fingerprint density at radius 2 is 1.95 bits per heavy atom. The number of hydrogen-bond acceptors (Lipinski definition) is 8. The number of likely N-dealkylation sites (N-methyl/N-ethyl adjacent to an activating group) is 1. The first-order valence-corrected chi connectivity index (χ1v) is 13.7. The van der Waals surface area contributed by atoms with Crippen molar-refractivity contribution in [3.63, 3.8) is 0 Å². The first kappa shape index (κ1) is 26.4. The van der Waals surface area contributed by atoms with E-state index in [0.29, 0.717) is 18.8 Å². The van der Waals surface area contributed by atoms with E-state index in [-0.39, 0.29) is 47.3 Å². The van der Waals surface area contributed by atoms with Crippen LogP contribution in [-0.4, -0.2) is 70.5 Å². The molecule has 4 aliphatic rings. The maximum Gasteiger partial charge on any atom is 0.417 e. The number of nitrogen functional groups attached to an aromatic ring is 1. The third kappa shape index (κ3) is 4.06. The average molecular weight is 577 g/mol. The number of ether oxygens (including phenoxy) is 2. The number of benzene rings is 1. The van der Waals surface area contributed by atoms with E-state index in [9.17, 15) is 17.6 Å². The number of nitrogens with two attached hydrogens (primary N) is 1. The number of pyridine rings is 1. The van der Waals surface area contributed by atoms with Crippen molar-refractivity contribution in [2.45, 2.75) is 62.5 Å². The van der Waals surface area contributed by atoms with Crippen molar-refractivity contribution in [2.75, 3.05) is 44.0 Å². The molecule has 1 spiro atoms. The van der Waals surface area contributed by atoms with Gasteiger partial charge in [0.25, 0.3) is 0 Å². The molecule has 3 fully saturated rings. The molecule has 0 unspecified atom stereocenters. The summed E-state index contributed by atoms with van der Waals surface area (Å²) in [6.45, 7) is 2.68. The molecule has 5 heterocycles. The molecule has 2 atom stereocenters. The molecule has 0 amide bonds. The monoisotopic (exact) mass is 576 g/mol. The van der Waals surface area contributed by atoms with Gasteiger partial charge in [0, 0.05) is 31.3 Å². The molecule has 13 heteroatoms. The third-order valence-corrected chi connectivity index (χ3v) is 9.17. The number of anilines is 2. The largest absolute Gasteiger partial charge is 0.475 e. The molecule has 2 aromatic heterocycles. The second-order valence-corrected chi connectivity index (χ2v) is 11.8. The van der Waals surface area contributed by atoms with E-state index in [1.165, 1.54) is 13.0 Å². The number of hydrogen-bond donors (Lipinski definition) is 1. The highest BCUT2D eigenvalue weighted by atomic mass is 19.4. The van der Waals surface area contributed by atoms with Gasteiger partial charge in [-0.15, -0.1) is 0 Å². The van der Waals surface area contributed by atoms with Gasteiger partial charge in [-0.1, -0.05) is 0 Å². The van der Waals surface area contributed by atoms with Gasteiger partial charge < -0.3 is 20.1 Å². The third-order valence-electron chi connectivity index (χ3n) is 9.17. The molecule has 218 valence electrons. The lowest BCUT2D eigenvalue weighted by Gasteiger charge is -2.31. The van der Waals surface area contributed by atoms with Gasteiger partial charge >= 0.3 is 12.2 Å². The summed E-state index contributed by atoms with van der Waals surface area (Å²) in [6.07, 6.45) is -2.18. The minimum atomic E-state index is -4.80. The van der Waals surface area contributed by atoms with Gasteiger partial charge in [-0.05, 0) is 56.8 Å². The first-order chi connectivity index (χ1) is 19.4. The molecule has 3 aromatic rings. The van der Waals surface area contributed by atoms with Crippen LogP contribution in [0.25, 0.3) is 22.2 Å². The molecule has 8 nitrogen and oxygen atoms in total. The van der Waals surface area contributed by atoms with E-state index in [0.717, 1.165) is 38.3 Å². The van der Waals surface area contributed by atoms with E-state index in [4.69, 9.17) is 15.2 Å². The lowest BCUT2D eigenvalue weighted by atomic mass is 9.95. The SMILES string of the molecule is Cc1cc(N)cc(-c2nc3c4c(nc(OC[C@@]56CCCN5C[C@H](F)C6)nc4c2F)N(C)C2(CC2)CO3)c1C(F)(F)F. The average Bonchev–Trinajstić information content (AvgIpc) is 3.52. The molecular formula is C28H29F5N6O2. The van der Waals surface area contributed by atoms with Crippen molar-refractivity contribution in [2.24, 2.45) is 0 Å². The second-order valence-electron chi connectivity index (χ2n) is 11.8. The Morgan fingerprint density at radius 3 is 2.68 bits per heavy atom. The predicted octanol–water partition coefficient (Wildman–Crippen LogP) is 5.06. The number of nitrogens with zero attached hydrogens (tertiary/aromatic N) is 5. The Kier molecular flexibility index (Phi) is 5.65. The summed E-state index contributed by atoms with van der Waals surface area (Å²) in [7, 11) is 1.81. The summed E-state index contributed by atoms with van der Waals surface area (Å²) in [6, 6.07) is 2.11. The Morgan fingerprint density at radius 1 is 1.17 bits per heavy atom. The Bertz CT molecular complexity index is 1580. The Hall–Kier alpha value is -3.48. The van der Waals surface area contributed by atoms with E-state index in [2.05, 4.69) is 19.9 Å².